The highest BCUT2D eigenvalue weighted by molar-refractivity contribution is 6.08. The summed E-state index contributed by atoms with van der Waals surface area (Å²) < 4.78 is 17.5. The highest BCUT2D eigenvalue weighted by Gasteiger charge is 2.47. The van der Waals surface area contributed by atoms with Crippen molar-refractivity contribution in [1.82, 2.24) is 0 Å². The first kappa shape index (κ1) is 18.1. The third-order valence-corrected chi connectivity index (χ3v) is 5.80. The molecule has 1 saturated carbocycles. The Labute approximate surface area is 128 Å². The van der Waals surface area contributed by atoms with Crippen LogP contribution in [0.15, 0.2) is 0 Å². The zero-order chi connectivity index (χ0) is 15.0. The van der Waals surface area contributed by atoms with Gasteiger partial charge in [-0.05, 0) is 24.8 Å². The highest BCUT2D eigenvalue weighted by Crippen LogP contribution is 2.42. The molecule has 3 atom stereocenters. The number of hydrogen-bond acceptors (Lipinski definition) is 3. The van der Waals surface area contributed by atoms with Crippen molar-refractivity contribution in [3.8, 4) is 0 Å². The van der Waals surface area contributed by atoms with Crippen molar-refractivity contribution >= 4 is 10.2 Å². The van der Waals surface area contributed by atoms with E-state index in [1.807, 2.05) is 0 Å². The Bertz CT molecular complexity index is 252. The molecule has 20 heavy (non-hydrogen) atoms. The van der Waals surface area contributed by atoms with Gasteiger partial charge in [0.15, 0.2) is 5.79 Å². The minimum atomic E-state index is -0.540. The second-order valence-corrected chi connectivity index (χ2v) is 6.95. The van der Waals surface area contributed by atoms with Gasteiger partial charge in [-0.15, -0.1) is 0 Å². The lowest BCUT2D eigenvalue weighted by Crippen LogP contribution is -2.54. The van der Waals surface area contributed by atoms with Gasteiger partial charge >= 0.3 is 0 Å². The van der Waals surface area contributed by atoms with E-state index in [1.54, 1.807) is 21.3 Å². The molecule has 0 aliphatic heterocycles. The van der Waals surface area contributed by atoms with Crippen LogP contribution in [0.4, 0.5) is 0 Å². The average Bonchev–Trinajstić information content (AvgIpc) is 2.51. The van der Waals surface area contributed by atoms with Gasteiger partial charge in [0.25, 0.3) is 0 Å². The van der Waals surface area contributed by atoms with Crippen LogP contribution in [0.3, 0.4) is 0 Å². The Kier molecular flexibility index (Phi) is 8.33. The normalized spacial score (nSPS) is 25.8. The minimum Gasteiger partial charge on any atom is -0.376 e. The SMILES string of the molecule is CCCCC1CCCC(C(OC)(OC)C(C[SiH3])OC)C1. The molecule has 3 nitrogen and oxygen atoms in total. The van der Waals surface area contributed by atoms with Gasteiger partial charge < -0.3 is 14.2 Å². The maximum atomic E-state index is 5.90. The molecule has 1 aliphatic carbocycles. The first-order valence-electron chi connectivity index (χ1n) is 8.31. The summed E-state index contributed by atoms with van der Waals surface area (Å²) in [6.45, 7) is 2.28. The van der Waals surface area contributed by atoms with Crippen molar-refractivity contribution < 1.29 is 14.2 Å². The lowest BCUT2D eigenvalue weighted by atomic mass is 9.74. The van der Waals surface area contributed by atoms with Crippen LogP contribution < -0.4 is 0 Å². The van der Waals surface area contributed by atoms with Crippen molar-refractivity contribution in [1.29, 1.82) is 0 Å². The van der Waals surface area contributed by atoms with Crippen molar-refractivity contribution in [2.75, 3.05) is 21.3 Å². The highest BCUT2D eigenvalue weighted by atomic mass is 28.1. The van der Waals surface area contributed by atoms with E-state index in [4.69, 9.17) is 14.2 Å². The third-order valence-electron chi connectivity index (χ3n) is 5.06. The van der Waals surface area contributed by atoms with E-state index in [1.165, 1.54) is 44.9 Å². The summed E-state index contributed by atoms with van der Waals surface area (Å²) in [6, 6.07) is 1.05. The van der Waals surface area contributed by atoms with Crippen LogP contribution in [-0.2, 0) is 14.2 Å². The summed E-state index contributed by atoms with van der Waals surface area (Å²) in [5.41, 5.74) is 0. The number of unbranched alkanes of at least 4 members (excludes halogenated alkanes) is 1. The molecule has 0 N–H and O–H groups in total. The van der Waals surface area contributed by atoms with Gasteiger partial charge in [0.05, 0.1) is 0 Å². The van der Waals surface area contributed by atoms with E-state index < -0.39 is 5.79 Å². The van der Waals surface area contributed by atoms with Crippen molar-refractivity contribution in [3.05, 3.63) is 0 Å². The van der Waals surface area contributed by atoms with Gasteiger partial charge in [0, 0.05) is 37.5 Å². The molecule has 0 amide bonds. The molecule has 1 rings (SSSR count). The van der Waals surface area contributed by atoms with Gasteiger partial charge in [0.1, 0.15) is 6.10 Å². The zero-order valence-corrected chi connectivity index (χ0v) is 16.1. The predicted octanol–water partition coefficient (Wildman–Crippen LogP) is 2.77. The van der Waals surface area contributed by atoms with Crippen molar-refractivity contribution in [2.45, 2.75) is 69.8 Å². The van der Waals surface area contributed by atoms with Crippen LogP contribution >= 0.6 is 0 Å². The summed E-state index contributed by atoms with van der Waals surface area (Å²) in [6.07, 6.45) is 9.16. The Morgan fingerprint density at radius 3 is 2.40 bits per heavy atom. The van der Waals surface area contributed by atoms with E-state index in [0.29, 0.717) is 5.92 Å². The fourth-order valence-corrected chi connectivity index (χ4v) is 4.87. The van der Waals surface area contributed by atoms with Gasteiger partial charge in [-0.25, -0.2) is 0 Å². The molecule has 0 aromatic heterocycles. The van der Waals surface area contributed by atoms with E-state index in [0.717, 1.165) is 22.2 Å². The van der Waals surface area contributed by atoms with Gasteiger partial charge in [-0.3, -0.25) is 0 Å². The molecule has 1 fully saturated rings. The Hall–Kier alpha value is 0.0969. The molecule has 0 bridgehead atoms. The number of hydrogen-bond donors (Lipinski definition) is 0. The first-order valence-corrected chi connectivity index (χ1v) is 9.72. The lowest BCUT2D eigenvalue weighted by molar-refractivity contribution is -0.294. The van der Waals surface area contributed by atoms with Crippen LogP contribution in [0.1, 0.15) is 51.9 Å². The number of ether oxygens (including phenoxy) is 3. The van der Waals surface area contributed by atoms with Crippen LogP contribution in [0.2, 0.25) is 6.04 Å². The summed E-state index contributed by atoms with van der Waals surface area (Å²) in [4.78, 5) is 0. The maximum Gasteiger partial charge on any atom is 0.196 e. The Morgan fingerprint density at radius 1 is 1.20 bits per heavy atom. The number of rotatable bonds is 9. The molecule has 120 valence electrons. The average molecular weight is 303 g/mol. The fourth-order valence-electron chi connectivity index (χ4n) is 3.97. The van der Waals surface area contributed by atoms with Gasteiger partial charge in [-0.2, -0.15) is 0 Å². The first-order chi connectivity index (χ1) is 9.68. The Balaban J connectivity index is 2.79. The van der Waals surface area contributed by atoms with E-state index in [-0.39, 0.29) is 6.10 Å². The lowest BCUT2D eigenvalue weighted by Gasteiger charge is -2.46. The fraction of sp³-hybridized carbons (Fsp3) is 1.00. The van der Waals surface area contributed by atoms with Crippen molar-refractivity contribution in [3.63, 3.8) is 0 Å². The molecule has 0 saturated heterocycles. The van der Waals surface area contributed by atoms with E-state index in [9.17, 15) is 0 Å². The summed E-state index contributed by atoms with van der Waals surface area (Å²) >= 11 is 0. The molecule has 0 spiro atoms. The van der Waals surface area contributed by atoms with E-state index >= 15 is 0 Å². The number of methoxy groups -OCH3 is 3. The van der Waals surface area contributed by atoms with Crippen LogP contribution in [-0.4, -0.2) is 43.5 Å². The summed E-state index contributed by atoms with van der Waals surface area (Å²) in [7, 11) is 6.45. The largest absolute Gasteiger partial charge is 0.376 e. The molecule has 0 heterocycles. The second kappa shape index (κ2) is 9.18. The topological polar surface area (TPSA) is 27.7 Å². The molecular weight excluding hydrogens is 268 g/mol. The third kappa shape index (κ3) is 4.06. The molecular formula is C16H34O3Si. The molecule has 0 aromatic rings. The summed E-state index contributed by atoms with van der Waals surface area (Å²) in [5, 5.41) is 0. The maximum absolute atomic E-state index is 5.90. The second-order valence-electron chi connectivity index (χ2n) is 6.13. The van der Waals surface area contributed by atoms with Crippen molar-refractivity contribution in [2.24, 2.45) is 11.8 Å². The molecule has 0 aromatic carbocycles. The molecule has 3 unspecified atom stereocenters. The van der Waals surface area contributed by atoms with Crippen LogP contribution in [0.25, 0.3) is 0 Å². The standard InChI is InChI=1S/C16H34O3Si/c1-5-6-8-13-9-7-10-14(11-13)16(18-3,19-4)15(12-20)17-2/h13-15H,5-12H2,1-4,20H3. The Morgan fingerprint density at radius 2 is 1.90 bits per heavy atom. The monoisotopic (exact) mass is 302 g/mol. The quantitative estimate of drug-likeness (QED) is 0.484. The van der Waals surface area contributed by atoms with E-state index in [2.05, 4.69) is 6.92 Å². The smallest absolute Gasteiger partial charge is 0.196 e. The minimum absolute atomic E-state index is 0.0686. The molecule has 1 aliphatic rings. The predicted molar refractivity (Wildman–Crippen MR) is 87.3 cm³/mol. The van der Waals surface area contributed by atoms with Gasteiger partial charge in [0.2, 0.25) is 0 Å². The molecule has 4 heteroatoms. The van der Waals surface area contributed by atoms with Crippen LogP contribution in [0, 0.1) is 11.8 Å². The zero-order valence-electron chi connectivity index (χ0n) is 14.1. The van der Waals surface area contributed by atoms with Crippen LogP contribution in [0.5, 0.6) is 0 Å². The summed E-state index contributed by atoms with van der Waals surface area (Å²) in [5.74, 6) is 0.762. The van der Waals surface area contributed by atoms with Gasteiger partial charge in [-0.1, -0.05) is 39.0 Å². The molecule has 0 radical (unpaired) electrons.